The Morgan fingerprint density at radius 3 is 2.61 bits per heavy atom. The molecule has 2 aromatic carbocycles. The molecule has 0 spiro atoms. The normalized spacial score (nSPS) is 11.3. The van der Waals surface area contributed by atoms with Crippen molar-refractivity contribution < 1.29 is 9.21 Å². The molecule has 4 rings (SSSR count). The summed E-state index contributed by atoms with van der Waals surface area (Å²) in [6, 6.07) is 17.3. The van der Waals surface area contributed by atoms with Gasteiger partial charge >= 0.3 is 0 Å². The molecule has 0 aliphatic carbocycles. The van der Waals surface area contributed by atoms with Gasteiger partial charge in [0.25, 0.3) is 5.91 Å². The van der Waals surface area contributed by atoms with Crippen LogP contribution in [0.5, 0.6) is 0 Å². The van der Waals surface area contributed by atoms with Crippen LogP contribution in [0.3, 0.4) is 0 Å². The molecule has 28 heavy (non-hydrogen) atoms. The largest absolute Gasteiger partial charge is 0.467 e. The Morgan fingerprint density at radius 2 is 1.93 bits per heavy atom. The number of benzene rings is 2. The molecule has 0 fully saturated rings. The number of rotatable bonds is 5. The average Bonchev–Trinajstić information content (AvgIpc) is 3.35. The van der Waals surface area contributed by atoms with Crippen molar-refractivity contribution in [1.82, 2.24) is 4.98 Å². The molecule has 4 aromatic rings. The van der Waals surface area contributed by atoms with Gasteiger partial charge in [-0.05, 0) is 53.9 Å². The third kappa shape index (κ3) is 3.75. The van der Waals surface area contributed by atoms with E-state index in [0.717, 1.165) is 14.7 Å². The number of thiazole rings is 1. The molecule has 0 N–H and O–H groups in total. The van der Waals surface area contributed by atoms with Crippen molar-refractivity contribution in [3.05, 3.63) is 82.2 Å². The van der Waals surface area contributed by atoms with Crippen LogP contribution in [0.15, 0.2) is 69.8 Å². The zero-order valence-electron chi connectivity index (χ0n) is 15.6. The fraction of sp³-hybridized carbons (Fsp3) is 0.182. The second-order valence-electron chi connectivity index (χ2n) is 6.82. The maximum Gasteiger partial charge on any atom is 0.260 e. The van der Waals surface area contributed by atoms with Crippen LogP contribution in [0.1, 0.15) is 41.4 Å². The van der Waals surface area contributed by atoms with Gasteiger partial charge in [0.05, 0.1) is 23.0 Å². The molecule has 1 amide bonds. The number of hydrogen-bond acceptors (Lipinski definition) is 4. The Balaban J connectivity index is 1.79. The Kier molecular flexibility index (Phi) is 5.33. The van der Waals surface area contributed by atoms with Crippen LogP contribution in [0.2, 0.25) is 0 Å². The van der Waals surface area contributed by atoms with Gasteiger partial charge in [0.1, 0.15) is 5.76 Å². The Labute approximate surface area is 175 Å². The van der Waals surface area contributed by atoms with Gasteiger partial charge in [-0.2, -0.15) is 0 Å². The molecule has 6 heteroatoms. The zero-order valence-corrected chi connectivity index (χ0v) is 18.0. The lowest BCUT2D eigenvalue weighted by molar-refractivity contribution is 0.0983. The first-order valence-corrected chi connectivity index (χ1v) is 10.6. The number of amides is 1. The van der Waals surface area contributed by atoms with Gasteiger partial charge in [0, 0.05) is 10.0 Å². The molecule has 0 bridgehead atoms. The van der Waals surface area contributed by atoms with Crippen LogP contribution in [0.4, 0.5) is 5.13 Å². The number of carbonyl (C=O) groups excluding carboxylic acids is 1. The molecule has 0 radical (unpaired) electrons. The number of anilines is 1. The van der Waals surface area contributed by atoms with Crippen molar-refractivity contribution in [2.24, 2.45) is 0 Å². The first-order valence-electron chi connectivity index (χ1n) is 9.02. The monoisotopic (exact) mass is 454 g/mol. The average molecular weight is 455 g/mol. The van der Waals surface area contributed by atoms with E-state index >= 15 is 0 Å². The molecular formula is C22H19BrN2O2S. The van der Waals surface area contributed by atoms with Crippen molar-refractivity contribution >= 4 is 48.5 Å². The lowest BCUT2D eigenvalue weighted by atomic mass is 10.0. The number of fused-ring (bicyclic) bond motifs is 1. The third-order valence-corrected chi connectivity index (χ3v) is 6.09. The molecule has 0 saturated heterocycles. The fourth-order valence-corrected chi connectivity index (χ4v) is 4.33. The Morgan fingerprint density at radius 1 is 1.14 bits per heavy atom. The predicted molar refractivity (Wildman–Crippen MR) is 117 cm³/mol. The second kappa shape index (κ2) is 7.89. The SMILES string of the molecule is CC(C)c1cccc2sc(N(Cc3ccco3)C(=O)c3ccc(Br)cc3)nc12. The van der Waals surface area contributed by atoms with Crippen LogP contribution in [-0.4, -0.2) is 10.9 Å². The summed E-state index contributed by atoms with van der Waals surface area (Å²) >= 11 is 4.95. The highest BCUT2D eigenvalue weighted by Gasteiger charge is 2.23. The molecule has 0 unspecified atom stereocenters. The van der Waals surface area contributed by atoms with Crippen molar-refractivity contribution in [3.8, 4) is 0 Å². The summed E-state index contributed by atoms with van der Waals surface area (Å²) < 4.78 is 7.51. The molecular weight excluding hydrogens is 436 g/mol. The number of aromatic nitrogens is 1. The summed E-state index contributed by atoms with van der Waals surface area (Å²) in [6.45, 7) is 4.64. The van der Waals surface area contributed by atoms with Crippen LogP contribution in [0.25, 0.3) is 10.2 Å². The highest BCUT2D eigenvalue weighted by Crippen LogP contribution is 2.34. The van der Waals surface area contributed by atoms with Gasteiger partial charge in [-0.25, -0.2) is 4.98 Å². The second-order valence-corrected chi connectivity index (χ2v) is 8.75. The summed E-state index contributed by atoms with van der Waals surface area (Å²) in [5.41, 5.74) is 2.76. The minimum absolute atomic E-state index is 0.103. The van der Waals surface area contributed by atoms with Gasteiger partial charge in [0.2, 0.25) is 0 Å². The highest BCUT2D eigenvalue weighted by molar-refractivity contribution is 9.10. The lowest BCUT2D eigenvalue weighted by Gasteiger charge is -2.19. The predicted octanol–water partition coefficient (Wildman–Crippen LogP) is 6.62. The van der Waals surface area contributed by atoms with Crippen molar-refractivity contribution in [2.45, 2.75) is 26.3 Å². The van der Waals surface area contributed by atoms with E-state index in [1.54, 1.807) is 11.2 Å². The minimum Gasteiger partial charge on any atom is -0.467 e. The van der Waals surface area contributed by atoms with Gasteiger partial charge in [-0.3, -0.25) is 9.69 Å². The number of carbonyl (C=O) groups is 1. The van der Waals surface area contributed by atoms with Gasteiger partial charge < -0.3 is 4.42 Å². The van der Waals surface area contributed by atoms with Gasteiger partial charge in [-0.15, -0.1) is 0 Å². The first-order chi connectivity index (χ1) is 13.5. The molecule has 0 aliphatic rings. The molecule has 2 heterocycles. The van der Waals surface area contributed by atoms with Crippen LogP contribution >= 0.6 is 27.3 Å². The Bertz CT molecular complexity index is 1100. The number of halogens is 1. The van der Waals surface area contributed by atoms with E-state index in [1.165, 1.54) is 16.9 Å². The molecule has 142 valence electrons. The molecule has 4 nitrogen and oxygen atoms in total. The van der Waals surface area contributed by atoms with Gasteiger partial charge in [-0.1, -0.05) is 53.2 Å². The number of para-hydroxylation sites is 1. The zero-order chi connectivity index (χ0) is 19.7. The number of nitrogens with zero attached hydrogens (tertiary/aromatic N) is 2. The minimum atomic E-state index is -0.103. The summed E-state index contributed by atoms with van der Waals surface area (Å²) in [7, 11) is 0. The van der Waals surface area contributed by atoms with Crippen LogP contribution < -0.4 is 4.90 Å². The third-order valence-electron chi connectivity index (χ3n) is 4.52. The lowest BCUT2D eigenvalue weighted by Crippen LogP contribution is -2.30. The number of furan rings is 1. The van der Waals surface area contributed by atoms with E-state index in [2.05, 4.69) is 41.9 Å². The quantitative estimate of drug-likeness (QED) is 0.340. The smallest absolute Gasteiger partial charge is 0.260 e. The topological polar surface area (TPSA) is 46.3 Å². The first kappa shape index (κ1) is 18.9. The summed E-state index contributed by atoms with van der Waals surface area (Å²) in [6.07, 6.45) is 1.62. The summed E-state index contributed by atoms with van der Waals surface area (Å²) in [4.78, 5) is 19.9. The van der Waals surface area contributed by atoms with E-state index in [-0.39, 0.29) is 5.91 Å². The summed E-state index contributed by atoms with van der Waals surface area (Å²) in [5, 5.41) is 0.674. The maximum absolute atomic E-state index is 13.3. The number of hydrogen-bond donors (Lipinski definition) is 0. The molecule has 0 aliphatic heterocycles. The van der Waals surface area contributed by atoms with Crippen molar-refractivity contribution in [3.63, 3.8) is 0 Å². The van der Waals surface area contributed by atoms with Gasteiger partial charge in [0.15, 0.2) is 5.13 Å². The van der Waals surface area contributed by atoms with Crippen LogP contribution in [0, 0.1) is 0 Å². The standard InChI is InChI=1S/C22H19BrN2O2S/c1-14(2)18-6-3-7-19-20(18)24-22(28-19)25(13-17-5-4-12-27-17)21(26)15-8-10-16(23)11-9-15/h3-12,14H,13H2,1-2H3. The van der Waals surface area contributed by atoms with Crippen LogP contribution in [-0.2, 0) is 6.54 Å². The Hall–Kier alpha value is -2.44. The molecule has 2 aromatic heterocycles. The van der Waals surface area contributed by atoms with E-state index in [0.29, 0.717) is 28.9 Å². The summed E-state index contributed by atoms with van der Waals surface area (Å²) in [5.74, 6) is 0.974. The van der Waals surface area contributed by atoms with E-state index in [1.807, 2.05) is 42.5 Å². The molecule has 0 saturated carbocycles. The van der Waals surface area contributed by atoms with E-state index in [4.69, 9.17) is 9.40 Å². The highest BCUT2D eigenvalue weighted by atomic mass is 79.9. The van der Waals surface area contributed by atoms with Crippen molar-refractivity contribution in [2.75, 3.05) is 4.90 Å². The maximum atomic E-state index is 13.3. The van der Waals surface area contributed by atoms with E-state index < -0.39 is 0 Å². The van der Waals surface area contributed by atoms with E-state index in [9.17, 15) is 4.79 Å². The fourth-order valence-electron chi connectivity index (χ4n) is 3.07. The molecule has 0 atom stereocenters. The van der Waals surface area contributed by atoms with Crippen molar-refractivity contribution in [1.29, 1.82) is 0 Å².